The molecule has 0 saturated heterocycles. The molecule has 110 valence electrons. The Bertz CT molecular complexity index is 418. The van der Waals surface area contributed by atoms with Crippen molar-refractivity contribution in [1.29, 1.82) is 0 Å². The molecule has 1 N–H and O–H groups in total. The maximum absolute atomic E-state index is 3.92. The second kappa shape index (κ2) is 5.89. The van der Waals surface area contributed by atoms with Crippen molar-refractivity contribution in [2.45, 2.75) is 64.8 Å². The zero-order valence-corrected chi connectivity index (χ0v) is 13.1. The van der Waals surface area contributed by atoms with E-state index in [4.69, 9.17) is 0 Å². The van der Waals surface area contributed by atoms with Crippen molar-refractivity contribution >= 4 is 0 Å². The molecule has 20 heavy (non-hydrogen) atoms. The first-order valence-corrected chi connectivity index (χ1v) is 8.47. The molecule has 0 bridgehead atoms. The van der Waals surface area contributed by atoms with E-state index in [9.17, 15) is 0 Å². The molecule has 2 aliphatic rings. The Kier molecular flexibility index (Phi) is 4.16. The van der Waals surface area contributed by atoms with E-state index in [1.807, 2.05) is 0 Å². The van der Waals surface area contributed by atoms with Crippen LogP contribution in [0.15, 0.2) is 24.3 Å². The van der Waals surface area contributed by atoms with E-state index in [0.717, 1.165) is 5.92 Å². The predicted molar refractivity (Wildman–Crippen MR) is 86.0 cm³/mol. The molecule has 0 spiro atoms. The van der Waals surface area contributed by atoms with Crippen molar-refractivity contribution in [3.63, 3.8) is 0 Å². The highest BCUT2D eigenvalue weighted by atomic mass is 14.9. The van der Waals surface area contributed by atoms with Gasteiger partial charge in [-0.1, -0.05) is 51.0 Å². The summed E-state index contributed by atoms with van der Waals surface area (Å²) in [5.41, 5.74) is 3.73. The average Bonchev–Trinajstić information content (AvgIpc) is 3.02. The molecule has 0 amide bonds. The van der Waals surface area contributed by atoms with Crippen LogP contribution < -0.4 is 5.32 Å². The minimum atomic E-state index is 0.600. The summed E-state index contributed by atoms with van der Waals surface area (Å²) in [6, 6.07) is 9.64. The average molecular weight is 271 g/mol. The first-order chi connectivity index (χ1) is 9.67. The first-order valence-electron chi connectivity index (χ1n) is 8.47. The van der Waals surface area contributed by atoms with Crippen LogP contribution in [0.2, 0.25) is 0 Å². The molecule has 0 aromatic heterocycles. The van der Waals surface area contributed by atoms with Crippen molar-refractivity contribution in [2.24, 2.45) is 11.3 Å². The first kappa shape index (κ1) is 14.1. The Morgan fingerprint density at radius 3 is 2.25 bits per heavy atom. The summed E-state index contributed by atoms with van der Waals surface area (Å²) in [4.78, 5) is 0. The van der Waals surface area contributed by atoms with Gasteiger partial charge in [-0.2, -0.15) is 0 Å². The third kappa shape index (κ3) is 3.09. The zero-order chi connectivity index (χ0) is 14.0. The lowest BCUT2D eigenvalue weighted by atomic mass is 9.78. The van der Waals surface area contributed by atoms with Crippen molar-refractivity contribution < 1.29 is 0 Å². The van der Waals surface area contributed by atoms with E-state index in [-0.39, 0.29) is 0 Å². The van der Waals surface area contributed by atoms with Gasteiger partial charge in [-0.05, 0) is 54.6 Å². The topological polar surface area (TPSA) is 12.0 Å². The fourth-order valence-electron chi connectivity index (χ4n) is 4.51. The van der Waals surface area contributed by atoms with Crippen LogP contribution in [0, 0.1) is 11.3 Å². The molecule has 0 aliphatic heterocycles. The van der Waals surface area contributed by atoms with Crippen LogP contribution >= 0.6 is 0 Å². The van der Waals surface area contributed by atoms with Crippen molar-refractivity contribution in [1.82, 2.24) is 5.32 Å². The van der Waals surface area contributed by atoms with E-state index < -0.39 is 0 Å². The van der Waals surface area contributed by atoms with E-state index >= 15 is 0 Å². The van der Waals surface area contributed by atoms with Gasteiger partial charge in [-0.3, -0.25) is 0 Å². The van der Waals surface area contributed by atoms with Gasteiger partial charge in [0.1, 0.15) is 0 Å². The monoisotopic (exact) mass is 271 g/mol. The lowest BCUT2D eigenvalue weighted by molar-refractivity contribution is 0.215. The number of rotatable bonds is 5. The van der Waals surface area contributed by atoms with E-state index in [2.05, 4.69) is 43.4 Å². The molecule has 0 radical (unpaired) electrons. The van der Waals surface area contributed by atoms with Crippen LogP contribution in [-0.4, -0.2) is 12.6 Å². The van der Waals surface area contributed by atoms with Gasteiger partial charge in [0.15, 0.2) is 0 Å². The van der Waals surface area contributed by atoms with Crippen LogP contribution in [0.4, 0.5) is 0 Å². The van der Waals surface area contributed by atoms with E-state index in [1.54, 1.807) is 11.1 Å². The minimum Gasteiger partial charge on any atom is -0.313 e. The molecule has 1 nitrogen and oxygen atoms in total. The smallest absolute Gasteiger partial charge is 0.0148 e. The quantitative estimate of drug-likeness (QED) is 0.839. The third-order valence-electron chi connectivity index (χ3n) is 5.32. The molecular weight excluding hydrogens is 242 g/mol. The Hall–Kier alpha value is -0.820. The Morgan fingerprint density at radius 1 is 1.10 bits per heavy atom. The minimum absolute atomic E-state index is 0.600. The van der Waals surface area contributed by atoms with E-state index in [0.29, 0.717) is 11.5 Å². The summed E-state index contributed by atoms with van der Waals surface area (Å²) in [7, 11) is 0. The molecule has 1 heteroatoms. The maximum atomic E-state index is 3.92. The Labute approximate surface area is 124 Å². The Morgan fingerprint density at radius 2 is 1.70 bits per heavy atom. The van der Waals surface area contributed by atoms with Gasteiger partial charge in [0.25, 0.3) is 0 Å². The van der Waals surface area contributed by atoms with Gasteiger partial charge >= 0.3 is 0 Å². The third-order valence-corrected chi connectivity index (χ3v) is 5.32. The molecule has 0 heterocycles. The van der Waals surface area contributed by atoms with Crippen molar-refractivity contribution in [2.75, 3.05) is 6.54 Å². The molecule has 2 aliphatic carbocycles. The largest absolute Gasteiger partial charge is 0.313 e. The summed E-state index contributed by atoms with van der Waals surface area (Å²) in [6.45, 7) is 6.00. The lowest BCUT2D eigenvalue weighted by Gasteiger charge is -2.32. The summed E-state index contributed by atoms with van der Waals surface area (Å²) in [5, 5.41) is 3.92. The number of hydrogen-bond acceptors (Lipinski definition) is 1. The van der Waals surface area contributed by atoms with Crippen molar-refractivity contribution in [3.8, 4) is 0 Å². The van der Waals surface area contributed by atoms with Gasteiger partial charge in [-0.25, -0.2) is 0 Å². The second-order valence-corrected chi connectivity index (χ2v) is 7.56. The number of hydrogen-bond donors (Lipinski definition) is 1. The van der Waals surface area contributed by atoms with Crippen LogP contribution in [0.3, 0.4) is 0 Å². The van der Waals surface area contributed by atoms with Crippen molar-refractivity contribution in [3.05, 3.63) is 35.4 Å². The second-order valence-electron chi connectivity index (χ2n) is 7.56. The lowest BCUT2D eigenvalue weighted by Crippen LogP contribution is -2.39. The van der Waals surface area contributed by atoms with Gasteiger partial charge < -0.3 is 5.32 Å². The van der Waals surface area contributed by atoms with Gasteiger partial charge in [0.2, 0.25) is 0 Å². The molecule has 1 fully saturated rings. The molecular formula is C19H29N. The highest BCUT2D eigenvalue weighted by Crippen LogP contribution is 2.42. The molecule has 3 rings (SSSR count). The molecule has 1 aromatic rings. The fraction of sp³-hybridized carbons (Fsp3) is 0.684. The number of benzene rings is 1. The van der Waals surface area contributed by atoms with Gasteiger partial charge in [-0.15, -0.1) is 0 Å². The molecule has 1 saturated carbocycles. The normalized spacial score (nSPS) is 21.6. The highest BCUT2D eigenvalue weighted by Gasteiger charge is 2.35. The van der Waals surface area contributed by atoms with Crippen LogP contribution in [0.5, 0.6) is 0 Å². The zero-order valence-electron chi connectivity index (χ0n) is 13.1. The summed E-state index contributed by atoms with van der Waals surface area (Å²) < 4.78 is 0. The number of nitrogens with one attached hydrogen (secondary N) is 1. The van der Waals surface area contributed by atoms with Crippen LogP contribution in [0.1, 0.15) is 57.1 Å². The number of fused-ring (bicyclic) bond motifs is 1. The fourth-order valence-corrected chi connectivity index (χ4v) is 4.51. The van der Waals surface area contributed by atoms with Gasteiger partial charge in [0, 0.05) is 12.6 Å². The van der Waals surface area contributed by atoms with Crippen LogP contribution in [-0.2, 0) is 12.8 Å². The highest BCUT2D eigenvalue weighted by molar-refractivity contribution is 5.33. The molecule has 1 aromatic carbocycles. The molecule has 0 unspecified atom stereocenters. The molecule has 0 atom stereocenters. The maximum Gasteiger partial charge on any atom is 0.0148 e. The predicted octanol–water partition coefficient (Wildman–Crippen LogP) is 4.35. The summed E-state index contributed by atoms with van der Waals surface area (Å²) in [5.74, 6) is 0.829. The SMILES string of the molecule is CC(C)CC1(CNC2Cc3ccccc3C2)CCCC1. The summed E-state index contributed by atoms with van der Waals surface area (Å²) >= 11 is 0. The van der Waals surface area contributed by atoms with Gasteiger partial charge in [0.05, 0.1) is 0 Å². The Balaban J connectivity index is 1.57. The summed E-state index contributed by atoms with van der Waals surface area (Å²) in [6.07, 6.45) is 9.63. The van der Waals surface area contributed by atoms with E-state index in [1.165, 1.54) is 51.5 Å². The standard InChI is InChI=1S/C19H29N/c1-15(2)13-19(9-5-6-10-19)14-20-18-11-16-7-3-4-8-17(16)12-18/h3-4,7-8,15,18,20H,5-6,9-14H2,1-2H3. The van der Waals surface area contributed by atoms with Crippen LogP contribution in [0.25, 0.3) is 0 Å².